The molecular weight excluding hydrogens is 473 g/mol. The van der Waals surface area contributed by atoms with Crippen LogP contribution in [0.2, 0.25) is 0 Å². The van der Waals surface area contributed by atoms with Gasteiger partial charge in [0.15, 0.2) is 0 Å². The Hall–Kier alpha value is -3.30. The van der Waals surface area contributed by atoms with Crippen LogP contribution in [0.5, 0.6) is 5.75 Å². The van der Waals surface area contributed by atoms with Crippen molar-refractivity contribution in [1.29, 1.82) is 0 Å². The lowest BCUT2D eigenvalue weighted by Crippen LogP contribution is -2.20. The highest BCUT2D eigenvalue weighted by Crippen LogP contribution is 2.28. The standard InChI is InChI=1S/C16H16O.C7H7FS.C7H13NO2/c1-3-7-13-10-11-16(17-12-4-2)15-9-6-5-8-14(13)15;1-6-2-4-7(9-8)5-3-6;1-3-4-6(9)5-7(10)8-2/h1,5-6,8-11H,4,7,12H2,2H3;2-5H,1H3;3-5H2,1-2H3,(H,8,10). The third-order valence-corrected chi connectivity index (χ3v) is 5.45. The SMILES string of the molecule is C#CCc1ccc(OCCC)c2ccccc12.CCCC(=O)CC(=O)NC.Cc1ccc(SF)cc1. The molecule has 0 aliphatic carbocycles. The van der Waals surface area contributed by atoms with Crippen LogP contribution < -0.4 is 10.1 Å². The number of aryl methyl sites for hydroxylation is 1. The maximum Gasteiger partial charge on any atom is 0.227 e. The highest BCUT2D eigenvalue weighted by molar-refractivity contribution is 7.94. The molecule has 0 fully saturated rings. The van der Waals surface area contributed by atoms with Gasteiger partial charge >= 0.3 is 0 Å². The average molecular weight is 510 g/mol. The fraction of sp³-hybridized carbons (Fsp3) is 0.333. The number of Topliss-reactive ketones (excluding diaryl/α,β-unsaturated/α-hetero) is 1. The lowest BCUT2D eigenvalue weighted by molar-refractivity contribution is -0.127. The van der Waals surface area contributed by atoms with Gasteiger partial charge in [-0.2, -0.15) is 3.89 Å². The third-order valence-electron chi connectivity index (χ3n) is 5.00. The van der Waals surface area contributed by atoms with E-state index in [0.29, 0.717) is 17.7 Å². The molecule has 4 nitrogen and oxygen atoms in total. The summed E-state index contributed by atoms with van der Waals surface area (Å²) in [6, 6.07) is 19.6. The number of benzene rings is 3. The number of ether oxygens (including phenoxy) is 1. The number of rotatable bonds is 9. The number of carbonyl (C=O) groups is 2. The summed E-state index contributed by atoms with van der Waals surface area (Å²) in [5.41, 5.74) is 2.35. The molecule has 36 heavy (non-hydrogen) atoms. The zero-order valence-corrected chi connectivity index (χ0v) is 22.4. The second kappa shape index (κ2) is 18.0. The van der Waals surface area contributed by atoms with Crippen LogP contribution in [0.4, 0.5) is 3.89 Å². The van der Waals surface area contributed by atoms with Gasteiger partial charge in [0.25, 0.3) is 0 Å². The number of hydrogen-bond donors (Lipinski definition) is 1. The van der Waals surface area contributed by atoms with Crippen LogP contribution in [0.1, 0.15) is 50.7 Å². The van der Waals surface area contributed by atoms with E-state index in [1.165, 1.54) is 18.0 Å². The maximum atomic E-state index is 11.8. The Labute approximate surface area is 219 Å². The number of fused-ring (bicyclic) bond motifs is 1. The third kappa shape index (κ3) is 11.4. The number of halogens is 1. The van der Waals surface area contributed by atoms with Gasteiger partial charge < -0.3 is 10.1 Å². The quantitative estimate of drug-likeness (QED) is 0.243. The van der Waals surface area contributed by atoms with Gasteiger partial charge in [0.2, 0.25) is 5.91 Å². The van der Waals surface area contributed by atoms with Crippen LogP contribution in [0.25, 0.3) is 10.8 Å². The summed E-state index contributed by atoms with van der Waals surface area (Å²) in [4.78, 5) is 22.0. The van der Waals surface area contributed by atoms with E-state index in [2.05, 4.69) is 36.4 Å². The number of carbonyl (C=O) groups excluding carboxylic acids is 2. The van der Waals surface area contributed by atoms with Crippen molar-refractivity contribution in [3.63, 3.8) is 0 Å². The van der Waals surface area contributed by atoms with E-state index in [9.17, 15) is 13.5 Å². The number of hydrogen-bond acceptors (Lipinski definition) is 4. The van der Waals surface area contributed by atoms with Crippen molar-refractivity contribution in [2.45, 2.75) is 57.8 Å². The summed E-state index contributed by atoms with van der Waals surface area (Å²) in [6.45, 7) is 6.75. The Morgan fingerprint density at radius 2 is 1.67 bits per heavy atom. The highest BCUT2D eigenvalue weighted by atomic mass is 32.2. The van der Waals surface area contributed by atoms with Crippen molar-refractivity contribution in [3.05, 3.63) is 71.8 Å². The first kappa shape index (κ1) is 30.7. The molecule has 0 aromatic heterocycles. The van der Waals surface area contributed by atoms with E-state index >= 15 is 0 Å². The van der Waals surface area contributed by atoms with Crippen molar-refractivity contribution >= 4 is 34.6 Å². The molecule has 3 aromatic carbocycles. The zero-order chi connectivity index (χ0) is 26.8. The summed E-state index contributed by atoms with van der Waals surface area (Å²) in [5, 5.41) is 4.74. The number of amides is 1. The average Bonchev–Trinajstić information content (AvgIpc) is 2.89. The van der Waals surface area contributed by atoms with E-state index in [1.54, 1.807) is 12.1 Å². The molecule has 0 saturated carbocycles. The Morgan fingerprint density at radius 3 is 2.22 bits per heavy atom. The monoisotopic (exact) mass is 509 g/mol. The minimum absolute atomic E-state index is 0.0156. The molecule has 3 aromatic rings. The molecule has 192 valence electrons. The van der Waals surface area contributed by atoms with Gasteiger partial charge in [-0.15, -0.1) is 12.3 Å². The van der Waals surface area contributed by atoms with Crippen LogP contribution in [0.15, 0.2) is 65.6 Å². The van der Waals surface area contributed by atoms with Crippen molar-refractivity contribution in [3.8, 4) is 18.1 Å². The molecule has 0 unspecified atom stereocenters. The molecule has 3 rings (SSSR count). The molecule has 0 aliphatic heterocycles. The van der Waals surface area contributed by atoms with Gasteiger partial charge in [-0.1, -0.05) is 61.9 Å². The molecule has 0 atom stereocenters. The van der Waals surface area contributed by atoms with Crippen molar-refractivity contribution < 1.29 is 18.2 Å². The molecule has 0 aliphatic rings. The number of ketones is 1. The van der Waals surface area contributed by atoms with Crippen molar-refractivity contribution in [1.82, 2.24) is 5.32 Å². The van der Waals surface area contributed by atoms with Crippen molar-refractivity contribution in [2.75, 3.05) is 13.7 Å². The molecular formula is C30H36FNO3S. The van der Waals surface area contributed by atoms with Crippen LogP contribution >= 0.6 is 12.1 Å². The predicted molar refractivity (Wildman–Crippen MR) is 149 cm³/mol. The Kier molecular flexibility index (Phi) is 15.4. The Bertz CT molecular complexity index is 1120. The lowest BCUT2D eigenvalue weighted by Gasteiger charge is -2.10. The molecule has 6 heteroatoms. The first-order chi connectivity index (χ1) is 17.4. The fourth-order valence-corrected chi connectivity index (χ4v) is 3.40. The lowest BCUT2D eigenvalue weighted by atomic mass is 10.0. The normalized spacial score (nSPS) is 9.67. The number of nitrogens with one attached hydrogen (secondary N) is 1. The van der Waals surface area contributed by atoms with Crippen LogP contribution in [0, 0.1) is 19.3 Å². The molecule has 0 bridgehead atoms. The van der Waals surface area contributed by atoms with E-state index in [4.69, 9.17) is 11.2 Å². The molecule has 0 spiro atoms. The van der Waals surface area contributed by atoms with E-state index in [1.807, 2.05) is 44.2 Å². The van der Waals surface area contributed by atoms with Gasteiger partial charge in [-0.05, 0) is 48.9 Å². The fourth-order valence-electron chi connectivity index (χ4n) is 3.16. The first-order valence-corrected chi connectivity index (χ1v) is 12.8. The second-order valence-electron chi connectivity index (χ2n) is 8.03. The Morgan fingerprint density at radius 1 is 1.00 bits per heavy atom. The summed E-state index contributed by atoms with van der Waals surface area (Å²) >= 11 is 0.277. The highest BCUT2D eigenvalue weighted by Gasteiger charge is 2.06. The molecule has 1 amide bonds. The van der Waals surface area contributed by atoms with Gasteiger partial charge in [-0.3, -0.25) is 9.59 Å². The van der Waals surface area contributed by atoms with Crippen LogP contribution in [0.3, 0.4) is 0 Å². The zero-order valence-electron chi connectivity index (χ0n) is 21.6. The summed E-state index contributed by atoms with van der Waals surface area (Å²) in [7, 11) is 1.53. The predicted octanol–water partition coefficient (Wildman–Crippen LogP) is 7.27. The van der Waals surface area contributed by atoms with Crippen LogP contribution in [-0.2, 0) is 16.0 Å². The molecule has 1 N–H and O–H groups in total. The first-order valence-electron chi connectivity index (χ1n) is 12.0. The second-order valence-corrected chi connectivity index (χ2v) is 8.65. The molecule has 0 radical (unpaired) electrons. The molecule has 0 heterocycles. The van der Waals surface area contributed by atoms with Gasteiger partial charge in [-0.25, -0.2) is 0 Å². The minimum Gasteiger partial charge on any atom is -0.493 e. The van der Waals surface area contributed by atoms with E-state index < -0.39 is 0 Å². The Balaban J connectivity index is 0.000000293. The minimum atomic E-state index is -0.196. The van der Waals surface area contributed by atoms with Crippen molar-refractivity contribution in [2.24, 2.45) is 0 Å². The van der Waals surface area contributed by atoms with Gasteiger partial charge in [0, 0.05) is 30.2 Å². The maximum absolute atomic E-state index is 11.8. The largest absolute Gasteiger partial charge is 0.493 e. The summed E-state index contributed by atoms with van der Waals surface area (Å²) < 4.78 is 17.5. The van der Waals surface area contributed by atoms with Gasteiger partial charge in [0.05, 0.1) is 25.2 Å². The van der Waals surface area contributed by atoms with E-state index in [0.717, 1.165) is 36.1 Å². The summed E-state index contributed by atoms with van der Waals surface area (Å²) in [5.74, 6) is 3.47. The van der Waals surface area contributed by atoms with E-state index in [-0.39, 0.29) is 30.3 Å². The van der Waals surface area contributed by atoms with Gasteiger partial charge in [0.1, 0.15) is 11.5 Å². The topological polar surface area (TPSA) is 55.4 Å². The molecule has 0 saturated heterocycles. The smallest absolute Gasteiger partial charge is 0.227 e. The summed E-state index contributed by atoms with van der Waals surface area (Å²) in [6.07, 6.45) is 8.42. The number of terminal acetylenes is 1. The van der Waals surface area contributed by atoms with Crippen LogP contribution in [-0.4, -0.2) is 25.3 Å².